The van der Waals surface area contributed by atoms with Gasteiger partial charge in [0, 0.05) is 26.7 Å². The highest BCUT2D eigenvalue weighted by molar-refractivity contribution is 14.0. The lowest BCUT2D eigenvalue weighted by Crippen LogP contribution is -2.57. The maximum absolute atomic E-state index is 12.4. The Labute approximate surface area is 207 Å². The second-order valence-electron chi connectivity index (χ2n) is 8.39. The molecule has 0 bridgehead atoms. The molecule has 0 atom stereocenters. The van der Waals surface area contributed by atoms with E-state index in [1.807, 2.05) is 47.7 Å². The summed E-state index contributed by atoms with van der Waals surface area (Å²) in [6.45, 7) is 7.29. The van der Waals surface area contributed by atoms with E-state index < -0.39 is 14.6 Å². The van der Waals surface area contributed by atoms with Crippen LogP contribution in [0, 0.1) is 6.92 Å². The van der Waals surface area contributed by atoms with Crippen LogP contribution in [0.1, 0.15) is 31.1 Å². The monoisotopic (exact) mass is 576 g/mol. The van der Waals surface area contributed by atoms with Crippen LogP contribution in [0.5, 0.6) is 5.75 Å². The van der Waals surface area contributed by atoms with E-state index in [4.69, 9.17) is 9.73 Å². The number of aryl methyl sites for hydroxylation is 1. The number of rotatable bonds is 6. The Morgan fingerprint density at radius 2 is 1.94 bits per heavy atom. The van der Waals surface area contributed by atoms with Gasteiger partial charge in [0.1, 0.15) is 18.1 Å². The zero-order valence-corrected chi connectivity index (χ0v) is 22.5. The molecule has 11 heteroatoms. The lowest BCUT2D eigenvalue weighted by Gasteiger charge is -2.39. The molecule has 3 rings (SSSR count). The number of nitrogens with zero attached hydrogens (tertiary/aromatic N) is 5. The third kappa shape index (κ3) is 6.12. The summed E-state index contributed by atoms with van der Waals surface area (Å²) >= 11 is 0. The zero-order chi connectivity index (χ0) is 22.6. The SMILES string of the molecule is COc1ccc(CCNC(=NCc2nnc(C)n2C)N2CCS(=O)(=O)C(C)(C)C2)cc1.I. The number of hydrogen-bond donors (Lipinski definition) is 1. The zero-order valence-electron chi connectivity index (χ0n) is 19.3. The van der Waals surface area contributed by atoms with Gasteiger partial charge in [0.25, 0.3) is 0 Å². The molecule has 178 valence electrons. The minimum absolute atomic E-state index is 0. The van der Waals surface area contributed by atoms with Crippen LogP contribution in [0.15, 0.2) is 29.3 Å². The fraction of sp³-hybridized carbons (Fsp3) is 0.571. The Balaban J connectivity index is 0.00000363. The molecule has 1 aliphatic rings. The van der Waals surface area contributed by atoms with Gasteiger partial charge in [0.05, 0.1) is 17.6 Å². The van der Waals surface area contributed by atoms with Gasteiger partial charge in [-0.3, -0.25) is 0 Å². The Morgan fingerprint density at radius 3 is 2.50 bits per heavy atom. The van der Waals surface area contributed by atoms with E-state index in [0.717, 1.165) is 23.8 Å². The smallest absolute Gasteiger partial charge is 0.194 e. The maximum Gasteiger partial charge on any atom is 0.194 e. The molecular formula is C21H33IN6O3S. The van der Waals surface area contributed by atoms with Crippen molar-refractivity contribution in [3.63, 3.8) is 0 Å². The van der Waals surface area contributed by atoms with E-state index in [0.29, 0.717) is 32.1 Å². The molecule has 2 heterocycles. The lowest BCUT2D eigenvalue weighted by atomic mass is 10.1. The van der Waals surface area contributed by atoms with Gasteiger partial charge in [0.15, 0.2) is 21.6 Å². The quantitative estimate of drug-likeness (QED) is 0.319. The number of aromatic nitrogens is 3. The molecule has 2 aromatic rings. The molecule has 0 aliphatic carbocycles. The first-order valence-corrected chi connectivity index (χ1v) is 12.0. The van der Waals surface area contributed by atoms with Crippen LogP contribution >= 0.6 is 24.0 Å². The van der Waals surface area contributed by atoms with Gasteiger partial charge in [-0.25, -0.2) is 13.4 Å². The second kappa shape index (κ2) is 10.8. The summed E-state index contributed by atoms with van der Waals surface area (Å²) in [5, 5.41) is 11.7. The van der Waals surface area contributed by atoms with Crippen molar-refractivity contribution < 1.29 is 13.2 Å². The summed E-state index contributed by atoms with van der Waals surface area (Å²) < 4.78 is 31.1. The molecule has 32 heavy (non-hydrogen) atoms. The first kappa shape index (κ1) is 26.4. The summed E-state index contributed by atoms with van der Waals surface area (Å²) in [5.41, 5.74) is 1.18. The predicted octanol–water partition coefficient (Wildman–Crippen LogP) is 1.95. The molecule has 1 aromatic carbocycles. The fourth-order valence-corrected chi connectivity index (χ4v) is 4.80. The largest absolute Gasteiger partial charge is 0.497 e. The van der Waals surface area contributed by atoms with Crippen molar-refractivity contribution >= 4 is 39.8 Å². The number of hydrogen-bond acceptors (Lipinski definition) is 6. The average molecular weight is 577 g/mol. The van der Waals surface area contributed by atoms with Gasteiger partial charge in [-0.05, 0) is 44.9 Å². The highest BCUT2D eigenvalue weighted by Crippen LogP contribution is 2.24. The van der Waals surface area contributed by atoms with Crippen LogP contribution in [-0.4, -0.2) is 71.3 Å². The lowest BCUT2D eigenvalue weighted by molar-refractivity contribution is 0.352. The van der Waals surface area contributed by atoms with Crippen molar-refractivity contribution in [1.82, 2.24) is 25.0 Å². The molecular weight excluding hydrogens is 543 g/mol. The predicted molar refractivity (Wildman–Crippen MR) is 136 cm³/mol. The maximum atomic E-state index is 12.4. The Bertz CT molecular complexity index is 1030. The number of guanidine groups is 1. The molecule has 0 amide bonds. The molecule has 0 saturated carbocycles. The minimum Gasteiger partial charge on any atom is -0.497 e. The van der Waals surface area contributed by atoms with Gasteiger partial charge in [-0.15, -0.1) is 34.2 Å². The number of aliphatic imine (C=N–C) groups is 1. The third-order valence-electron chi connectivity index (χ3n) is 5.75. The minimum atomic E-state index is -3.13. The van der Waals surface area contributed by atoms with Gasteiger partial charge >= 0.3 is 0 Å². The highest BCUT2D eigenvalue weighted by atomic mass is 127. The number of benzene rings is 1. The van der Waals surface area contributed by atoms with E-state index in [1.54, 1.807) is 21.0 Å². The van der Waals surface area contributed by atoms with Crippen molar-refractivity contribution in [3.05, 3.63) is 41.5 Å². The number of halogens is 1. The van der Waals surface area contributed by atoms with Crippen LogP contribution in [0.4, 0.5) is 0 Å². The summed E-state index contributed by atoms with van der Waals surface area (Å²) in [6, 6.07) is 7.96. The molecule has 0 spiro atoms. The summed E-state index contributed by atoms with van der Waals surface area (Å²) in [5.74, 6) is 3.22. The number of methoxy groups -OCH3 is 1. The van der Waals surface area contributed by atoms with Gasteiger partial charge in [0.2, 0.25) is 0 Å². The molecule has 0 radical (unpaired) electrons. The van der Waals surface area contributed by atoms with E-state index in [1.165, 1.54) is 5.56 Å². The normalized spacial score (nSPS) is 17.5. The number of sulfone groups is 1. The standard InChI is InChI=1S/C21H32N6O3S.HI/c1-16-24-25-19(26(16)4)14-23-20(27-12-13-31(28,29)21(2,3)15-27)22-11-10-17-6-8-18(30-5)9-7-17;/h6-9H,10-15H2,1-5H3,(H,22,23);1H. The van der Waals surface area contributed by atoms with Crippen molar-refractivity contribution in [2.24, 2.45) is 12.0 Å². The van der Waals surface area contributed by atoms with Gasteiger partial charge in [-0.1, -0.05) is 12.1 Å². The van der Waals surface area contributed by atoms with Crippen LogP contribution < -0.4 is 10.1 Å². The van der Waals surface area contributed by atoms with Crippen LogP contribution in [0.2, 0.25) is 0 Å². The molecule has 1 fully saturated rings. The molecule has 1 N–H and O–H groups in total. The highest BCUT2D eigenvalue weighted by Gasteiger charge is 2.41. The molecule has 0 unspecified atom stereocenters. The van der Waals surface area contributed by atoms with Crippen LogP contribution in [0.25, 0.3) is 0 Å². The average Bonchev–Trinajstić information content (AvgIpc) is 3.05. The number of nitrogens with one attached hydrogen (secondary N) is 1. The fourth-order valence-electron chi connectivity index (χ4n) is 3.44. The summed E-state index contributed by atoms with van der Waals surface area (Å²) in [7, 11) is 0.430. The van der Waals surface area contributed by atoms with Gasteiger partial charge < -0.3 is 19.5 Å². The first-order valence-electron chi connectivity index (χ1n) is 10.4. The van der Waals surface area contributed by atoms with Crippen molar-refractivity contribution in [2.45, 2.75) is 38.5 Å². The molecule has 9 nitrogen and oxygen atoms in total. The summed E-state index contributed by atoms with van der Waals surface area (Å²) in [6.07, 6.45) is 0.807. The van der Waals surface area contributed by atoms with Crippen molar-refractivity contribution in [3.8, 4) is 5.75 Å². The van der Waals surface area contributed by atoms with E-state index in [2.05, 4.69) is 15.5 Å². The van der Waals surface area contributed by atoms with E-state index >= 15 is 0 Å². The van der Waals surface area contributed by atoms with E-state index in [9.17, 15) is 8.42 Å². The molecule has 1 aromatic heterocycles. The Morgan fingerprint density at radius 1 is 1.25 bits per heavy atom. The van der Waals surface area contributed by atoms with E-state index in [-0.39, 0.29) is 29.7 Å². The third-order valence-corrected chi connectivity index (χ3v) is 8.28. The van der Waals surface area contributed by atoms with Crippen LogP contribution in [0.3, 0.4) is 0 Å². The Hall–Kier alpha value is -1.89. The molecule has 1 saturated heterocycles. The topological polar surface area (TPSA) is 102 Å². The van der Waals surface area contributed by atoms with Crippen molar-refractivity contribution in [2.75, 3.05) is 32.5 Å². The second-order valence-corrected chi connectivity index (χ2v) is 11.1. The number of ether oxygens (including phenoxy) is 1. The first-order chi connectivity index (χ1) is 14.6. The Kier molecular flexibility index (Phi) is 8.91. The van der Waals surface area contributed by atoms with Gasteiger partial charge in [-0.2, -0.15) is 0 Å². The summed E-state index contributed by atoms with van der Waals surface area (Å²) in [4.78, 5) is 6.78. The van der Waals surface area contributed by atoms with Crippen LogP contribution in [-0.2, 0) is 29.9 Å². The van der Waals surface area contributed by atoms with Crippen molar-refractivity contribution in [1.29, 1.82) is 0 Å². The molecule has 1 aliphatic heterocycles.